The first-order valence-corrected chi connectivity index (χ1v) is 11.1. The molecular weight excluding hydrogens is 470 g/mol. The van der Waals surface area contributed by atoms with Crippen LogP contribution in [0.15, 0.2) is 57.9 Å². The number of alkyl halides is 2. The highest BCUT2D eigenvalue weighted by atomic mass is 79.9. The molecule has 1 aliphatic heterocycles. The van der Waals surface area contributed by atoms with Gasteiger partial charge < -0.3 is 10.1 Å². The zero-order chi connectivity index (χ0) is 21.0. The highest BCUT2D eigenvalue weighted by Crippen LogP contribution is 2.27. The molecular formula is C19H19BrF2N2O4S. The SMILES string of the molecule is O=C(NCc1ccc(OC(F)F)cc1)C1CCCN1S(=O)(=O)c1ccc(Br)cc1. The van der Waals surface area contributed by atoms with E-state index in [1.807, 2.05) is 0 Å². The molecule has 0 aromatic heterocycles. The summed E-state index contributed by atoms with van der Waals surface area (Å²) in [6, 6.07) is 11.4. The van der Waals surface area contributed by atoms with E-state index in [9.17, 15) is 22.0 Å². The van der Waals surface area contributed by atoms with Crippen molar-refractivity contribution in [2.45, 2.75) is 36.9 Å². The van der Waals surface area contributed by atoms with Gasteiger partial charge in [0.25, 0.3) is 0 Å². The van der Waals surface area contributed by atoms with Crippen molar-refractivity contribution in [1.29, 1.82) is 0 Å². The van der Waals surface area contributed by atoms with E-state index in [-0.39, 0.29) is 23.7 Å². The Hall–Kier alpha value is -2.04. The molecule has 0 radical (unpaired) electrons. The number of rotatable bonds is 7. The Labute approximate surface area is 176 Å². The molecule has 1 saturated heterocycles. The fourth-order valence-electron chi connectivity index (χ4n) is 3.13. The first kappa shape index (κ1) is 21.7. The minimum atomic E-state index is -3.79. The number of benzene rings is 2. The third kappa shape index (κ3) is 5.31. The zero-order valence-electron chi connectivity index (χ0n) is 15.2. The van der Waals surface area contributed by atoms with Gasteiger partial charge in [0.05, 0.1) is 4.90 Å². The van der Waals surface area contributed by atoms with Gasteiger partial charge in [0, 0.05) is 17.6 Å². The molecule has 0 bridgehead atoms. The predicted molar refractivity (Wildman–Crippen MR) is 106 cm³/mol. The molecule has 1 aliphatic rings. The van der Waals surface area contributed by atoms with Crippen LogP contribution in [0.5, 0.6) is 5.75 Å². The van der Waals surface area contributed by atoms with Crippen molar-refractivity contribution in [3.8, 4) is 5.75 Å². The fraction of sp³-hybridized carbons (Fsp3) is 0.316. The number of nitrogens with one attached hydrogen (secondary N) is 1. The Kier molecular flexibility index (Phi) is 6.86. The Morgan fingerprint density at radius 3 is 2.45 bits per heavy atom. The number of carbonyl (C=O) groups is 1. The molecule has 0 spiro atoms. The topological polar surface area (TPSA) is 75.7 Å². The molecule has 1 heterocycles. The van der Waals surface area contributed by atoms with Crippen LogP contribution in [0.25, 0.3) is 0 Å². The monoisotopic (exact) mass is 488 g/mol. The van der Waals surface area contributed by atoms with Crippen molar-refractivity contribution in [1.82, 2.24) is 9.62 Å². The molecule has 2 aromatic rings. The molecule has 1 amide bonds. The minimum Gasteiger partial charge on any atom is -0.435 e. The number of hydrogen-bond acceptors (Lipinski definition) is 4. The van der Waals surface area contributed by atoms with E-state index in [0.717, 1.165) is 4.47 Å². The van der Waals surface area contributed by atoms with Crippen LogP contribution in [0, 0.1) is 0 Å². The van der Waals surface area contributed by atoms with Gasteiger partial charge in [0.1, 0.15) is 11.8 Å². The van der Waals surface area contributed by atoms with Crippen molar-refractivity contribution in [2.24, 2.45) is 0 Å². The lowest BCUT2D eigenvalue weighted by Gasteiger charge is -2.23. The van der Waals surface area contributed by atoms with E-state index in [1.54, 1.807) is 24.3 Å². The quantitative estimate of drug-likeness (QED) is 0.646. The maximum atomic E-state index is 12.9. The highest BCUT2D eigenvalue weighted by molar-refractivity contribution is 9.10. The van der Waals surface area contributed by atoms with Crippen LogP contribution < -0.4 is 10.1 Å². The second kappa shape index (κ2) is 9.19. The number of carbonyl (C=O) groups excluding carboxylic acids is 1. The number of ether oxygens (including phenoxy) is 1. The van der Waals surface area contributed by atoms with Crippen molar-refractivity contribution >= 4 is 31.9 Å². The number of nitrogens with zero attached hydrogens (tertiary/aromatic N) is 1. The molecule has 156 valence electrons. The maximum Gasteiger partial charge on any atom is 0.387 e. The third-order valence-electron chi connectivity index (χ3n) is 4.54. The summed E-state index contributed by atoms with van der Waals surface area (Å²) in [5.74, 6) is -0.367. The van der Waals surface area contributed by atoms with E-state index in [2.05, 4.69) is 26.0 Å². The molecule has 1 atom stereocenters. The summed E-state index contributed by atoms with van der Waals surface area (Å²) in [6.45, 7) is -2.48. The van der Waals surface area contributed by atoms with E-state index >= 15 is 0 Å². The Bertz CT molecular complexity index is 953. The lowest BCUT2D eigenvalue weighted by molar-refractivity contribution is -0.124. The van der Waals surface area contributed by atoms with Gasteiger partial charge in [-0.2, -0.15) is 13.1 Å². The van der Waals surface area contributed by atoms with Crippen molar-refractivity contribution in [3.63, 3.8) is 0 Å². The molecule has 1 N–H and O–H groups in total. The van der Waals surface area contributed by atoms with Gasteiger partial charge in [-0.1, -0.05) is 28.1 Å². The molecule has 29 heavy (non-hydrogen) atoms. The van der Waals surface area contributed by atoms with E-state index in [1.165, 1.54) is 28.6 Å². The normalized spacial score (nSPS) is 17.4. The van der Waals surface area contributed by atoms with Crippen LogP contribution >= 0.6 is 15.9 Å². The van der Waals surface area contributed by atoms with Crippen LogP contribution in [0.4, 0.5) is 8.78 Å². The molecule has 0 aliphatic carbocycles. The van der Waals surface area contributed by atoms with Gasteiger partial charge in [-0.15, -0.1) is 0 Å². The summed E-state index contributed by atoms with van der Waals surface area (Å²) in [6.07, 6.45) is 1.02. The Morgan fingerprint density at radius 1 is 1.17 bits per heavy atom. The summed E-state index contributed by atoms with van der Waals surface area (Å²) < 4.78 is 56.5. The summed E-state index contributed by atoms with van der Waals surface area (Å²) in [5, 5.41) is 2.72. The largest absolute Gasteiger partial charge is 0.435 e. The van der Waals surface area contributed by atoms with Crippen LogP contribution in [-0.2, 0) is 21.4 Å². The van der Waals surface area contributed by atoms with Crippen molar-refractivity contribution < 1.29 is 26.7 Å². The summed E-state index contributed by atoms with van der Waals surface area (Å²) in [5.41, 5.74) is 0.681. The van der Waals surface area contributed by atoms with Gasteiger partial charge in [-0.25, -0.2) is 8.42 Å². The van der Waals surface area contributed by atoms with Crippen LogP contribution in [0.2, 0.25) is 0 Å². The average molecular weight is 489 g/mol. The van der Waals surface area contributed by atoms with Gasteiger partial charge in [0.15, 0.2) is 0 Å². The van der Waals surface area contributed by atoms with E-state index in [0.29, 0.717) is 18.4 Å². The van der Waals surface area contributed by atoms with E-state index in [4.69, 9.17) is 0 Å². The predicted octanol–water partition coefficient (Wildman–Crippen LogP) is 3.52. The standard InChI is InChI=1S/C19H19BrF2N2O4S/c20-14-5-9-16(10-6-14)29(26,27)24-11-1-2-17(24)18(25)23-12-13-3-7-15(8-4-13)28-19(21)22/h3-10,17,19H,1-2,11-12H2,(H,23,25). The number of sulfonamides is 1. The molecule has 10 heteroatoms. The number of hydrogen-bond donors (Lipinski definition) is 1. The molecule has 1 fully saturated rings. The fourth-order valence-corrected chi connectivity index (χ4v) is 5.05. The Balaban J connectivity index is 1.64. The van der Waals surface area contributed by atoms with Gasteiger partial charge >= 0.3 is 6.61 Å². The van der Waals surface area contributed by atoms with Crippen LogP contribution in [0.3, 0.4) is 0 Å². The van der Waals surface area contributed by atoms with Gasteiger partial charge in [-0.05, 0) is 54.8 Å². The third-order valence-corrected chi connectivity index (χ3v) is 6.99. The molecule has 2 aromatic carbocycles. The number of halogens is 3. The summed E-state index contributed by atoms with van der Waals surface area (Å²) in [4.78, 5) is 12.8. The highest BCUT2D eigenvalue weighted by Gasteiger charge is 2.39. The molecule has 1 unspecified atom stereocenters. The average Bonchev–Trinajstić information content (AvgIpc) is 3.18. The maximum absolute atomic E-state index is 12.9. The van der Waals surface area contributed by atoms with E-state index < -0.39 is 28.6 Å². The lowest BCUT2D eigenvalue weighted by Crippen LogP contribution is -2.45. The first-order valence-electron chi connectivity index (χ1n) is 8.86. The first-order chi connectivity index (χ1) is 13.8. The number of amides is 1. The lowest BCUT2D eigenvalue weighted by atomic mass is 10.2. The summed E-state index contributed by atoms with van der Waals surface area (Å²) in [7, 11) is -3.79. The van der Waals surface area contributed by atoms with Crippen molar-refractivity contribution in [3.05, 3.63) is 58.6 Å². The molecule has 3 rings (SSSR count). The second-order valence-corrected chi connectivity index (χ2v) is 9.27. The van der Waals surface area contributed by atoms with Gasteiger partial charge in [-0.3, -0.25) is 4.79 Å². The smallest absolute Gasteiger partial charge is 0.387 e. The minimum absolute atomic E-state index is 0.0256. The van der Waals surface area contributed by atoms with Crippen LogP contribution in [-0.4, -0.2) is 37.8 Å². The zero-order valence-corrected chi connectivity index (χ0v) is 17.6. The van der Waals surface area contributed by atoms with Crippen LogP contribution in [0.1, 0.15) is 18.4 Å². The molecule has 0 saturated carbocycles. The van der Waals surface area contributed by atoms with Crippen molar-refractivity contribution in [2.75, 3.05) is 6.54 Å². The Morgan fingerprint density at radius 2 is 1.83 bits per heavy atom. The van der Waals surface area contributed by atoms with Gasteiger partial charge in [0.2, 0.25) is 15.9 Å². The second-order valence-electron chi connectivity index (χ2n) is 6.47. The molecule has 6 nitrogen and oxygen atoms in total. The summed E-state index contributed by atoms with van der Waals surface area (Å²) >= 11 is 3.27.